The topological polar surface area (TPSA) is 61.4 Å². The fourth-order valence-corrected chi connectivity index (χ4v) is 4.35. The van der Waals surface area contributed by atoms with Gasteiger partial charge in [0.05, 0.1) is 0 Å². The molecule has 6 heteroatoms. The zero-order chi connectivity index (χ0) is 15.5. The minimum atomic E-state index is -0.385. The fourth-order valence-electron chi connectivity index (χ4n) is 4.35. The van der Waals surface area contributed by atoms with Crippen LogP contribution in [-0.4, -0.2) is 47.9 Å². The van der Waals surface area contributed by atoms with E-state index in [1.165, 1.54) is 19.3 Å². The number of nitrogens with one attached hydrogen (secondary N) is 2. The van der Waals surface area contributed by atoms with Crippen molar-refractivity contribution in [2.75, 3.05) is 13.1 Å². The Morgan fingerprint density at radius 1 is 1.13 bits per heavy atom. The van der Waals surface area contributed by atoms with E-state index >= 15 is 0 Å². The van der Waals surface area contributed by atoms with Crippen LogP contribution in [0.4, 0.5) is 0 Å². The number of carbonyl (C=O) groups excluding carboxylic acids is 2. The van der Waals surface area contributed by atoms with E-state index in [-0.39, 0.29) is 30.3 Å². The van der Waals surface area contributed by atoms with Crippen LogP contribution in [0.1, 0.15) is 58.3 Å². The van der Waals surface area contributed by atoms with Gasteiger partial charge in [0, 0.05) is 31.6 Å². The number of rotatable bonds is 4. The standard InChI is InChI=1S/C17H29N3O2.ClH/c1-12(17(22)20-7-3-2-4-8-20)18-16(21)11-13-9-14-5-6-15(10-13)19-14;/h12-15,19H,2-11H2,1H3,(H,18,21);1H. The molecule has 0 spiro atoms. The monoisotopic (exact) mass is 343 g/mol. The van der Waals surface area contributed by atoms with Crippen molar-refractivity contribution in [1.82, 2.24) is 15.5 Å². The third-order valence-electron chi connectivity index (χ3n) is 5.46. The third kappa shape index (κ3) is 4.83. The summed E-state index contributed by atoms with van der Waals surface area (Å²) in [4.78, 5) is 26.5. The molecule has 3 aliphatic heterocycles. The molecule has 2 bridgehead atoms. The number of amides is 2. The van der Waals surface area contributed by atoms with Crippen molar-refractivity contribution >= 4 is 24.2 Å². The van der Waals surface area contributed by atoms with E-state index in [0.717, 1.165) is 38.8 Å². The van der Waals surface area contributed by atoms with Gasteiger partial charge in [-0.3, -0.25) is 9.59 Å². The molecular formula is C17H30ClN3O2. The molecule has 0 aromatic carbocycles. The molecule has 5 nitrogen and oxygen atoms in total. The molecule has 3 unspecified atom stereocenters. The highest BCUT2D eigenvalue weighted by Gasteiger charge is 2.34. The number of nitrogens with zero attached hydrogens (tertiary/aromatic N) is 1. The first-order chi connectivity index (χ1) is 10.6. The van der Waals surface area contributed by atoms with E-state index in [1.54, 1.807) is 0 Å². The van der Waals surface area contributed by atoms with Gasteiger partial charge in [0.25, 0.3) is 0 Å². The van der Waals surface area contributed by atoms with Crippen molar-refractivity contribution in [3.05, 3.63) is 0 Å². The van der Waals surface area contributed by atoms with Gasteiger partial charge in [-0.05, 0) is 57.8 Å². The van der Waals surface area contributed by atoms with Gasteiger partial charge in [-0.25, -0.2) is 0 Å². The average Bonchev–Trinajstić information content (AvgIpc) is 2.86. The van der Waals surface area contributed by atoms with Crippen LogP contribution in [0.5, 0.6) is 0 Å². The first-order valence-electron chi connectivity index (χ1n) is 8.96. The van der Waals surface area contributed by atoms with Crippen molar-refractivity contribution in [3.63, 3.8) is 0 Å². The molecule has 3 saturated heterocycles. The second-order valence-corrected chi connectivity index (χ2v) is 7.35. The number of piperidine rings is 2. The fraction of sp³-hybridized carbons (Fsp3) is 0.882. The molecular weight excluding hydrogens is 314 g/mol. The summed E-state index contributed by atoms with van der Waals surface area (Å²) in [6.07, 6.45) is 8.69. The first kappa shape index (κ1) is 18.5. The maximum atomic E-state index is 12.3. The van der Waals surface area contributed by atoms with Crippen LogP contribution in [0.15, 0.2) is 0 Å². The number of fused-ring (bicyclic) bond motifs is 2. The molecule has 0 aromatic heterocycles. The van der Waals surface area contributed by atoms with E-state index in [0.29, 0.717) is 24.4 Å². The number of hydrogen-bond acceptors (Lipinski definition) is 3. The van der Waals surface area contributed by atoms with Crippen molar-refractivity contribution in [2.45, 2.75) is 76.4 Å². The summed E-state index contributed by atoms with van der Waals surface area (Å²) >= 11 is 0. The van der Waals surface area contributed by atoms with Gasteiger partial charge in [0.15, 0.2) is 0 Å². The predicted molar refractivity (Wildman–Crippen MR) is 92.6 cm³/mol. The highest BCUT2D eigenvalue weighted by Crippen LogP contribution is 2.32. The van der Waals surface area contributed by atoms with Gasteiger partial charge in [0.1, 0.15) is 6.04 Å². The molecule has 23 heavy (non-hydrogen) atoms. The molecule has 132 valence electrons. The van der Waals surface area contributed by atoms with Crippen molar-refractivity contribution in [3.8, 4) is 0 Å². The number of halogens is 1. The molecule has 2 N–H and O–H groups in total. The first-order valence-corrected chi connectivity index (χ1v) is 8.96. The van der Waals surface area contributed by atoms with Crippen LogP contribution < -0.4 is 10.6 Å². The maximum Gasteiger partial charge on any atom is 0.244 e. The second kappa shape index (κ2) is 8.34. The Labute approximate surface area is 145 Å². The van der Waals surface area contributed by atoms with E-state index in [4.69, 9.17) is 0 Å². The zero-order valence-electron chi connectivity index (χ0n) is 14.1. The lowest BCUT2D eigenvalue weighted by Gasteiger charge is -2.31. The third-order valence-corrected chi connectivity index (χ3v) is 5.46. The van der Waals surface area contributed by atoms with E-state index in [2.05, 4.69) is 10.6 Å². The summed E-state index contributed by atoms with van der Waals surface area (Å²) in [7, 11) is 0. The Morgan fingerprint density at radius 2 is 1.74 bits per heavy atom. The van der Waals surface area contributed by atoms with E-state index < -0.39 is 0 Å². The molecule has 3 atom stereocenters. The summed E-state index contributed by atoms with van der Waals surface area (Å²) in [6.45, 7) is 3.51. The zero-order valence-corrected chi connectivity index (χ0v) is 14.9. The Hall–Kier alpha value is -0.810. The van der Waals surface area contributed by atoms with Crippen LogP contribution in [0, 0.1) is 5.92 Å². The number of carbonyl (C=O) groups is 2. The quantitative estimate of drug-likeness (QED) is 0.819. The summed E-state index contributed by atoms with van der Waals surface area (Å²) in [5, 5.41) is 6.53. The largest absolute Gasteiger partial charge is 0.345 e. The van der Waals surface area contributed by atoms with Crippen LogP contribution in [0.2, 0.25) is 0 Å². The van der Waals surface area contributed by atoms with Crippen LogP contribution in [0.25, 0.3) is 0 Å². The summed E-state index contributed by atoms with van der Waals surface area (Å²) in [5.41, 5.74) is 0. The Morgan fingerprint density at radius 3 is 2.35 bits per heavy atom. The number of likely N-dealkylation sites (tertiary alicyclic amines) is 1. The summed E-state index contributed by atoms with van der Waals surface area (Å²) < 4.78 is 0. The lowest BCUT2D eigenvalue weighted by molar-refractivity contribution is -0.137. The molecule has 0 radical (unpaired) electrons. The Bertz CT molecular complexity index is 414. The molecule has 0 aliphatic carbocycles. The molecule has 2 amide bonds. The van der Waals surface area contributed by atoms with E-state index in [1.807, 2.05) is 11.8 Å². The van der Waals surface area contributed by atoms with Crippen LogP contribution >= 0.6 is 12.4 Å². The van der Waals surface area contributed by atoms with Gasteiger partial charge in [-0.2, -0.15) is 0 Å². The minimum Gasteiger partial charge on any atom is -0.345 e. The van der Waals surface area contributed by atoms with Gasteiger partial charge >= 0.3 is 0 Å². The predicted octanol–water partition coefficient (Wildman–Crippen LogP) is 1.85. The minimum absolute atomic E-state index is 0. The van der Waals surface area contributed by atoms with Gasteiger partial charge in [-0.1, -0.05) is 0 Å². The molecule has 3 rings (SSSR count). The van der Waals surface area contributed by atoms with Gasteiger partial charge in [-0.15, -0.1) is 12.4 Å². The van der Waals surface area contributed by atoms with E-state index in [9.17, 15) is 9.59 Å². The molecule has 0 aromatic rings. The van der Waals surface area contributed by atoms with Crippen molar-refractivity contribution in [2.24, 2.45) is 5.92 Å². The van der Waals surface area contributed by atoms with Gasteiger partial charge < -0.3 is 15.5 Å². The lowest BCUT2D eigenvalue weighted by atomic mass is 9.89. The highest BCUT2D eigenvalue weighted by molar-refractivity contribution is 5.87. The van der Waals surface area contributed by atoms with Crippen molar-refractivity contribution in [1.29, 1.82) is 0 Å². The average molecular weight is 344 g/mol. The summed E-state index contributed by atoms with van der Waals surface area (Å²) in [6, 6.07) is 0.844. The maximum absolute atomic E-state index is 12.3. The van der Waals surface area contributed by atoms with Crippen molar-refractivity contribution < 1.29 is 9.59 Å². The molecule has 0 saturated carbocycles. The molecule has 3 heterocycles. The molecule has 3 aliphatic rings. The Kier molecular flexibility index (Phi) is 6.72. The van der Waals surface area contributed by atoms with Gasteiger partial charge in [0.2, 0.25) is 11.8 Å². The number of hydrogen-bond donors (Lipinski definition) is 2. The highest BCUT2D eigenvalue weighted by atomic mass is 35.5. The Balaban J connectivity index is 0.00000192. The SMILES string of the molecule is CC(NC(=O)CC1CC2CCC(C1)N2)C(=O)N1CCCCC1.Cl. The van der Waals surface area contributed by atoms with Crippen LogP contribution in [0.3, 0.4) is 0 Å². The summed E-state index contributed by atoms with van der Waals surface area (Å²) in [5.74, 6) is 0.610. The lowest BCUT2D eigenvalue weighted by Crippen LogP contribution is -2.49. The smallest absolute Gasteiger partial charge is 0.244 e. The second-order valence-electron chi connectivity index (χ2n) is 7.35. The normalized spacial score (nSPS) is 31.2. The van der Waals surface area contributed by atoms with Crippen LogP contribution in [-0.2, 0) is 9.59 Å². The molecule has 3 fully saturated rings.